The van der Waals surface area contributed by atoms with Gasteiger partial charge in [-0.05, 0) is 0 Å². The van der Waals surface area contributed by atoms with Crippen molar-refractivity contribution in [2.45, 2.75) is 0 Å². The van der Waals surface area contributed by atoms with Crippen molar-refractivity contribution >= 4 is 37.4 Å². The molecule has 0 aromatic rings. The summed E-state index contributed by atoms with van der Waals surface area (Å²) in [5, 5.41) is 0. The van der Waals surface area contributed by atoms with Crippen molar-refractivity contribution in [3.05, 3.63) is 0 Å². The van der Waals surface area contributed by atoms with Gasteiger partial charge in [-0.1, -0.05) is 0 Å². The van der Waals surface area contributed by atoms with Gasteiger partial charge >= 0.3 is 37.4 Å². The van der Waals surface area contributed by atoms with Gasteiger partial charge in [0.1, 0.15) is 0 Å². The molecule has 0 fully saturated rings. The van der Waals surface area contributed by atoms with Gasteiger partial charge in [-0.15, -0.1) is 0 Å². The Balaban J connectivity index is -0.0000000267. The first kappa shape index (κ1) is 22.5. The Morgan fingerprint density at radius 3 is 1.12 bits per heavy atom. The van der Waals surface area contributed by atoms with Crippen LogP contribution in [0.15, 0.2) is 0 Å². The van der Waals surface area contributed by atoms with Gasteiger partial charge in [0.25, 0.3) is 0 Å². The van der Waals surface area contributed by atoms with Crippen LogP contribution in [0.1, 0.15) is 0 Å². The zero-order valence-electron chi connectivity index (χ0n) is 3.05. The first-order chi connectivity index (χ1) is 2.00. The van der Waals surface area contributed by atoms with E-state index in [0.29, 0.717) is 0 Å². The Bertz CT molecular complexity index is 62.2. The van der Waals surface area contributed by atoms with Gasteiger partial charge < -0.3 is 14.7 Å². The number of phosphoric acid groups is 1. The van der Waals surface area contributed by atoms with E-state index in [1.165, 1.54) is 0 Å². The van der Waals surface area contributed by atoms with E-state index < -0.39 is 7.82 Å². The summed E-state index contributed by atoms with van der Waals surface area (Å²) in [7, 11) is -4.64. The van der Waals surface area contributed by atoms with Crippen molar-refractivity contribution < 1.29 is 55.2 Å². The van der Waals surface area contributed by atoms with Gasteiger partial charge in [0.15, 0.2) is 0 Å². The van der Waals surface area contributed by atoms with Crippen LogP contribution in [0, 0.1) is 0 Å². The molecule has 0 spiro atoms. The van der Waals surface area contributed by atoms with Crippen molar-refractivity contribution in [3.8, 4) is 0 Å². The van der Waals surface area contributed by atoms with Crippen LogP contribution in [0.3, 0.4) is 0 Å². The van der Waals surface area contributed by atoms with Gasteiger partial charge in [0.05, 0.1) is 0 Å². The fourth-order valence-electron chi connectivity index (χ4n) is 0. The molecule has 8 heavy (non-hydrogen) atoms. The molecule has 8 heteroatoms. The molecule has 1 radical (unpaired) electrons. The molecule has 0 rings (SSSR count). The van der Waals surface area contributed by atoms with E-state index in [0.717, 1.165) is 0 Å². The van der Waals surface area contributed by atoms with E-state index in [1.54, 1.807) is 0 Å². The predicted molar refractivity (Wildman–Crippen MR) is 21.4 cm³/mol. The fourth-order valence-corrected chi connectivity index (χ4v) is 0. The maximum absolute atomic E-state index is 8.88. The zero-order valence-corrected chi connectivity index (χ0v) is 6.62. The number of rotatable bonds is 0. The van der Waals surface area contributed by atoms with Crippen LogP contribution >= 0.6 is 7.82 Å². The van der Waals surface area contributed by atoms with Crippen LogP contribution in [-0.4, -0.2) is 44.2 Å². The average Bonchev–Trinajstić information content (AvgIpc) is 0.722. The smallest absolute Gasteiger partial charge is 0 e. The second-order valence-corrected chi connectivity index (χ2v) is 1.54. The maximum atomic E-state index is 8.88. The fraction of sp³-hybridized carbons (Fsp3) is 0. The molecule has 0 saturated heterocycles. The van der Waals surface area contributed by atoms with E-state index in [-0.39, 0.29) is 65.5 Å². The van der Waals surface area contributed by atoms with Gasteiger partial charge in [-0.2, -0.15) is 0 Å². The first-order valence-corrected chi connectivity index (χ1v) is 2.35. The summed E-state index contributed by atoms with van der Waals surface area (Å²) in [6.07, 6.45) is 0. The summed E-state index contributed by atoms with van der Waals surface area (Å²) >= 11 is 0. The van der Waals surface area contributed by atoms with Crippen molar-refractivity contribution in [2.75, 3.05) is 0 Å². The Kier molecular flexibility index (Phi) is 25.9. The molecule has 0 unspecified atom stereocenters. The Morgan fingerprint density at radius 2 is 1.12 bits per heavy atom. The molecule has 0 atom stereocenters. The summed E-state index contributed by atoms with van der Waals surface area (Å²) in [4.78, 5) is 21.6. The topological polar surface area (TPSA) is 77.8 Å². The molecule has 0 aromatic heterocycles. The van der Waals surface area contributed by atoms with E-state index >= 15 is 0 Å². The van der Waals surface area contributed by atoms with Crippen LogP contribution in [0.25, 0.3) is 0 Å². The minimum absolute atomic E-state index is 0. The largest absolute Gasteiger partial charge is 0 e. The second kappa shape index (κ2) is 9.23. The molecule has 0 aliphatic carbocycles. The van der Waals surface area contributed by atoms with Crippen molar-refractivity contribution in [1.29, 1.82) is 0 Å². The normalized spacial score (nSPS) is 7.38. The summed E-state index contributed by atoms with van der Waals surface area (Å²) in [6, 6.07) is 0. The summed E-state index contributed by atoms with van der Waals surface area (Å²) < 4.78 is 8.88. The van der Waals surface area contributed by atoms with Gasteiger partial charge in [0.2, 0.25) is 0 Å². The third-order valence-electron chi connectivity index (χ3n) is 0. The van der Waals surface area contributed by atoms with Crippen molar-refractivity contribution in [1.82, 2.24) is 0 Å². The summed E-state index contributed by atoms with van der Waals surface area (Å²) in [5.74, 6) is 0. The molecule has 0 aliphatic rings. The van der Waals surface area contributed by atoms with Crippen LogP contribution in [-0.2, 0) is 40.5 Å². The zero-order chi connectivity index (χ0) is 4.50. The van der Waals surface area contributed by atoms with E-state index in [2.05, 4.69) is 0 Å². The number of hydrogen-bond acceptors (Lipinski definition) is 1. The molecule has 0 aliphatic heterocycles. The Labute approximate surface area is 91.6 Å². The van der Waals surface area contributed by atoms with Crippen LogP contribution in [0.4, 0.5) is 0 Å². The second-order valence-electron chi connectivity index (χ2n) is 0.513. The first-order valence-electron chi connectivity index (χ1n) is 0.783. The molecule has 0 amide bonds. The molecular formula is H4CrNaO4PV. The van der Waals surface area contributed by atoms with Crippen LogP contribution < -0.4 is 0 Å². The molecule has 0 aromatic carbocycles. The monoisotopic (exact) mass is 225 g/mol. The Morgan fingerprint density at radius 1 is 1.12 bits per heavy atom. The van der Waals surface area contributed by atoms with Crippen LogP contribution in [0.5, 0.6) is 0 Å². The van der Waals surface area contributed by atoms with Gasteiger partial charge in [-0.25, -0.2) is 4.57 Å². The average molecular weight is 225 g/mol. The summed E-state index contributed by atoms with van der Waals surface area (Å²) in [5.41, 5.74) is 0. The number of hydrogen-bond donors (Lipinski definition) is 3. The standard InChI is InChI=1S/Cr.Na.H3O4P.V.H/c;;1-5(2,3)4;;/h;;(H3,1,2,3,4);;. The molecule has 3 N–H and O–H groups in total. The van der Waals surface area contributed by atoms with Gasteiger partial charge in [-0.3, -0.25) is 0 Å². The Hall–Kier alpha value is 2.23. The quantitative estimate of drug-likeness (QED) is 0.343. The minimum Gasteiger partial charge on any atom is 0 e. The van der Waals surface area contributed by atoms with Crippen molar-refractivity contribution in [3.63, 3.8) is 0 Å². The van der Waals surface area contributed by atoms with Crippen LogP contribution in [0.2, 0.25) is 0 Å². The predicted octanol–water partition coefficient (Wildman–Crippen LogP) is -1.58. The van der Waals surface area contributed by atoms with Crippen molar-refractivity contribution in [2.24, 2.45) is 0 Å². The van der Waals surface area contributed by atoms with E-state index in [1.807, 2.05) is 0 Å². The molecular weight excluding hydrogens is 221 g/mol. The van der Waals surface area contributed by atoms with E-state index in [4.69, 9.17) is 19.2 Å². The third kappa shape index (κ3) is 86.6. The van der Waals surface area contributed by atoms with E-state index in [9.17, 15) is 0 Å². The SMILES string of the molecule is O=P(O)(O)O.[Cr].[NaH].[V]. The minimum atomic E-state index is -4.64. The molecule has 45 valence electrons. The third-order valence-corrected chi connectivity index (χ3v) is 0. The summed E-state index contributed by atoms with van der Waals surface area (Å²) in [6.45, 7) is 0. The van der Waals surface area contributed by atoms with Gasteiger partial charge in [0, 0.05) is 35.9 Å². The molecule has 0 heterocycles. The molecule has 0 bridgehead atoms. The maximum Gasteiger partial charge on any atom is 0 e. The molecule has 4 nitrogen and oxygen atoms in total. The molecule has 0 saturated carbocycles.